The van der Waals surface area contributed by atoms with Gasteiger partial charge in [-0.05, 0) is 36.6 Å². The predicted octanol–water partition coefficient (Wildman–Crippen LogP) is 2.11. The van der Waals surface area contributed by atoms with Crippen molar-refractivity contribution < 1.29 is 9.53 Å². The van der Waals surface area contributed by atoms with Crippen LogP contribution >= 0.6 is 0 Å². The predicted molar refractivity (Wildman–Crippen MR) is 94.3 cm³/mol. The molecule has 3 heterocycles. The van der Waals surface area contributed by atoms with E-state index in [9.17, 15) is 4.79 Å². The average molecular weight is 338 g/mol. The summed E-state index contributed by atoms with van der Waals surface area (Å²) in [6, 6.07) is 9.74. The highest BCUT2D eigenvalue weighted by molar-refractivity contribution is 5.86. The topological polar surface area (TPSA) is 58.6 Å². The second-order valence-corrected chi connectivity index (χ2v) is 6.83. The molecule has 0 saturated carbocycles. The summed E-state index contributed by atoms with van der Waals surface area (Å²) in [7, 11) is 1.66. The van der Waals surface area contributed by atoms with Crippen LogP contribution in [0.25, 0.3) is 0 Å². The molecule has 0 radical (unpaired) electrons. The summed E-state index contributed by atoms with van der Waals surface area (Å²) in [4.78, 5) is 25.8. The lowest BCUT2D eigenvalue weighted by molar-refractivity contribution is -0.135. The molecule has 1 aromatic heterocycles. The van der Waals surface area contributed by atoms with Crippen molar-refractivity contribution in [1.29, 1.82) is 0 Å². The zero-order valence-electron chi connectivity index (χ0n) is 14.4. The van der Waals surface area contributed by atoms with Crippen LogP contribution in [0.3, 0.4) is 0 Å². The maximum atomic E-state index is 13.1. The maximum Gasteiger partial charge on any atom is 0.231 e. The molecule has 6 heteroatoms. The lowest BCUT2D eigenvalue weighted by Gasteiger charge is -2.23. The van der Waals surface area contributed by atoms with E-state index in [1.165, 1.54) is 0 Å². The molecule has 1 amide bonds. The molecule has 2 saturated heterocycles. The molecular weight excluding hydrogens is 316 g/mol. The van der Waals surface area contributed by atoms with Crippen molar-refractivity contribution in [3.63, 3.8) is 0 Å². The first-order valence-electron chi connectivity index (χ1n) is 8.64. The van der Waals surface area contributed by atoms with Crippen molar-refractivity contribution in [2.45, 2.75) is 19.4 Å². The van der Waals surface area contributed by atoms with Gasteiger partial charge in [-0.3, -0.25) is 4.79 Å². The lowest BCUT2D eigenvalue weighted by atomic mass is 9.85. The molecule has 1 aromatic carbocycles. The first-order valence-corrected chi connectivity index (χ1v) is 8.64. The van der Waals surface area contributed by atoms with Gasteiger partial charge in [0.25, 0.3) is 0 Å². The van der Waals surface area contributed by atoms with Gasteiger partial charge < -0.3 is 14.5 Å². The number of rotatable bonds is 4. The van der Waals surface area contributed by atoms with Crippen molar-refractivity contribution in [1.82, 2.24) is 14.9 Å². The van der Waals surface area contributed by atoms with Crippen LogP contribution in [-0.4, -0.2) is 47.5 Å². The molecule has 2 aliphatic rings. The lowest BCUT2D eigenvalue weighted by Crippen LogP contribution is -2.37. The zero-order chi connectivity index (χ0) is 17.3. The van der Waals surface area contributed by atoms with Crippen LogP contribution in [-0.2, 0) is 11.3 Å². The molecule has 0 aliphatic carbocycles. The molecule has 1 unspecified atom stereocenters. The highest BCUT2D eigenvalue weighted by Gasteiger charge is 2.51. The van der Waals surface area contributed by atoms with Gasteiger partial charge in [-0.2, -0.15) is 0 Å². The Hall–Kier alpha value is -2.63. The molecule has 2 fully saturated rings. The summed E-state index contributed by atoms with van der Waals surface area (Å²) in [6.07, 6.45) is 5.27. The minimum Gasteiger partial charge on any atom is -0.497 e. The smallest absolute Gasteiger partial charge is 0.231 e. The molecule has 2 aromatic rings. The molecule has 1 spiro atoms. The Morgan fingerprint density at radius 2 is 1.96 bits per heavy atom. The number of ether oxygens (including phenoxy) is 1. The number of methoxy groups -OCH3 is 1. The fraction of sp³-hybridized carbons (Fsp3) is 0.421. The second kappa shape index (κ2) is 6.35. The fourth-order valence-corrected chi connectivity index (χ4v) is 3.91. The number of carbonyl (C=O) groups excluding carboxylic acids is 1. The van der Waals surface area contributed by atoms with Crippen LogP contribution < -0.4 is 9.64 Å². The standard InChI is InChI=1S/C19H22N4O2/c1-25-16-5-2-4-15(12-16)13-22-10-6-19(17(22)24)7-11-23(14-19)18-20-8-3-9-21-18/h2-5,8-9,12H,6-7,10-11,13-14H2,1H3. The first-order chi connectivity index (χ1) is 12.2. The van der Waals surface area contributed by atoms with Gasteiger partial charge in [0.1, 0.15) is 5.75 Å². The third-order valence-corrected chi connectivity index (χ3v) is 5.30. The van der Waals surface area contributed by atoms with Crippen molar-refractivity contribution in [2.24, 2.45) is 5.41 Å². The maximum absolute atomic E-state index is 13.1. The van der Waals surface area contributed by atoms with E-state index in [-0.39, 0.29) is 11.3 Å². The minimum atomic E-state index is -0.280. The van der Waals surface area contributed by atoms with Crippen molar-refractivity contribution in [3.8, 4) is 5.75 Å². The number of hydrogen-bond acceptors (Lipinski definition) is 5. The first kappa shape index (κ1) is 15.9. The van der Waals surface area contributed by atoms with E-state index in [0.29, 0.717) is 13.1 Å². The summed E-state index contributed by atoms with van der Waals surface area (Å²) in [5.41, 5.74) is 0.823. The highest BCUT2D eigenvalue weighted by atomic mass is 16.5. The molecule has 2 aliphatic heterocycles. The Morgan fingerprint density at radius 1 is 1.16 bits per heavy atom. The number of aromatic nitrogens is 2. The van der Waals surface area contributed by atoms with Crippen LogP contribution in [0, 0.1) is 5.41 Å². The van der Waals surface area contributed by atoms with Crippen molar-refractivity contribution in [3.05, 3.63) is 48.3 Å². The normalized spacial score (nSPS) is 22.8. The Bertz CT molecular complexity index is 767. The van der Waals surface area contributed by atoms with Gasteiger partial charge in [0, 0.05) is 38.6 Å². The summed E-state index contributed by atoms with van der Waals surface area (Å²) in [5, 5.41) is 0. The number of benzene rings is 1. The van der Waals surface area contributed by atoms with Gasteiger partial charge in [-0.25, -0.2) is 9.97 Å². The molecular formula is C19H22N4O2. The molecule has 0 bridgehead atoms. The Balaban J connectivity index is 1.46. The van der Waals surface area contributed by atoms with E-state index >= 15 is 0 Å². The van der Waals surface area contributed by atoms with Gasteiger partial charge in [0.2, 0.25) is 11.9 Å². The van der Waals surface area contributed by atoms with Crippen LogP contribution in [0.5, 0.6) is 5.75 Å². The zero-order valence-corrected chi connectivity index (χ0v) is 14.4. The minimum absolute atomic E-state index is 0.258. The summed E-state index contributed by atoms with van der Waals surface area (Å²) in [5.74, 6) is 1.80. The second-order valence-electron chi connectivity index (χ2n) is 6.83. The van der Waals surface area contributed by atoms with Gasteiger partial charge in [0.15, 0.2) is 0 Å². The molecule has 6 nitrogen and oxygen atoms in total. The Labute approximate surface area is 147 Å². The average Bonchev–Trinajstić information content (AvgIpc) is 3.23. The molecule has 0 N–H and O–H groups in total. The summed E-state index contributed by atoms with van der Waals surface area (Å²) in [6.45, 7) is 2.99. The van der Waals surface area contributed by atoms with E-state index in [0.717, 1.165) is 43.2 Å². The Morgan fingerprint density at radius 3 is 2.76 bits per heavy atom. The number of amides is 1. The van der Waals surface area contributed by atoms with Gasteiger partial charge >= 0.3 is 0 Å². The van der Waals surface area contributed by atoms with Gasteiger partial charge in [0.05, 0.1) is 12.5 Å². The number of carbonyl (C=O) groups is 1. The summed E-state index contributed by atoms with van der Waals surface area (Å²) < 4.78 is 5.28. The monoisotopic (exact) mass is 338 g/mol. The van der Waals surface area contributed by atoms with E-state index in [1.54, 1.807) is 19.5 Å². The van der Waals surface area contributed by atoms with Crippen LogP contribution in [0.4, 0.5) is 5.95 Å². The fourth-order valence-electron chi connectivity index (χ4n) is 3.91. The number of nitrogens with zero attached hydrogens (tertiary/aromatic N) is 4. The van der Waals surface area contributed by atoms with Crippen LogP contribution in [0.1, 0.15) is 18.4 Å². The van der Waals surface area contributed by atoms with E-state index in [2.05, 4.69) is 14.9 Å². The van der Waals surface area contributed by atoms with Gasteiger partial charge in [-0.1, -0.05) is 12.1 Å². The Kier molecular flexibility index (Phi) is 4.03. The third kappa shape index (κ3) is 2.92. The van der Waals surface area contributed by atoms with Gasteiger partial charge in [-0.15, -0.1) is 0 Å². The van der Waals surface area contributed by atoms with E-state index in [4.69, 9.17) is 4.74 Å². The number of hydrogen-bond donors (Lipinski definition) is 0. The van der Waals surface area contributed by atoms with Crippen LogP contribution in [0.15, 0.2) is 42.7 Å². The van der Waals surface area contributed by atoms with Crippen molar-refractivity contribution in [2.75, 3.05) is 31.6 Å². The number of likely N-dealkylation sites (tertiary alicyclic amines) is 1. The van der Waals surface area contributed by atoms with E-state index in [1.807, 2.05) is 35.2 Å². The van der Waals surface area contributed by atoms with Crippen molar-refractivity contribution >= 4 is 11.9 Å². The molecule has 130 valence electrons. The molecule has 4 rings (SSSR count). The van der Waals surface area contributed by atoms with Crippen LogP contribution in [0.2, 0.25) is 0 Å². The quantitative estimate of drug-likeness (QED) is 0.855. The third-order valence-electron chi connectivity index (χ3n) is 5.30. The SMILES string of the molecule is COc1cccc(CN2CCC3(CCN(c4ncccn4)C3)C2=O)c1. The molecule has 25 heavy (non-hydrogen) atoms. The number of anilines is 1. The molecule has 1 atom stereocenters. The largest absolute Gasteiger partial charge is 0.497 e. The highest BCUT2D eigenvalue weighted by Crippen LogP contribution is 2.42. The van der Waals surface area contributed by atoms with E-state index < -0.39 is 0 Å². The summed E-state index contributed by atoms with van der Waals surface area (Å²) >= 11 is 0.